The maximum Gasteiger partial charge on any atom is 0.156 e. The van der Waals surface area contributed by atoms with Crippen molar-refractivity contribution < 1.29 is 0 Å². The number of aromatic nitrogens is 5. The van der Waals surface area contributed by atoms with Crippen molar-refractivity contribution in [1.29, 1.82) is 0 Å². The molecule has 25 heavy (non-hydrogen) atoms. The van der Waals surface area contributed by atoms with Crippen LogP contribution in [0.25, 0.3) is 33.3 Å². The molecule has 1 aromatic carbocycles. The Bertz CT molecular complexity index is 1170. The van der Waals surface area contributed by atoms with Crippen LogP contribution in [0.15, 0.2) is 73.4 Å². The smallest absolute Gasteiger partial charge is 0.156 e. The van der Waals surface area contributed by atoms with Crippen molar-refractivity contribution in [2.24, 2.45) is 0 Å². The average molecular weight is 325 g/mol. The molecule has 0 saturated heterocycles. The summed E-state index contributed by atoms with van der Waals surface area (Å²) >= 11 is 0. The van der Waals surface area contributed by atoms with Gasteiger partial charge in [0, 0.05) is 47.8 Å². The number of nitrogens with zero attached hydrogens (tertiary/aromatic N) is 4. The summed E-state index contributed by atoms with van der Waals surface area (Å²) in [5, 5.41) is 1.19. The van der Waals surface area contributed by atoms with E-state index >= 15 is 0 Å². The lowest BCUT2D eigenvalue weighted by atomic mass is 10.1. The van der Waals surface area contributed by atoms with Crippen LogP contribution < -0.4 is 0 Å². The number of fused-ring (bicyclic) bond motifs is 2. The van der Waals surface area contributed by atoms with Gasteiger partial charge in [-0.05, 0) is 35.9 Å². The van der Waals surface area contributed by atoms with Crippen LogP contribution in [-0.4, -0.2) is 24.5 Å². The molecule has 0 aliphatic carbocycles. The monoisotopic (exact) mass is 325 g/mol. The number of H-pyrrole nitrogens is 1. The van der Waals surface area contributed by atoms with Gasteiger partial charge >= 0.3 is 0 Å². The van der Waals surface area contributed by atoms with Gasteiger partial charge in [-0.1, -0.05) is 12.1 Å². The van der Waals surface area contributed by atoms with Crippen LogP contribution in [0.2, 0.25) is 0 Å². The van der Waals surface area contributed by atoms with E-state index in [0.29, 0.717) is 0 Å². The molecule has 0 unspecified atom stereocenters. The van der Waals surface area contributed by atoms with Crippen LogP contribution in [0.1, 0.15) is 5.56 Å². The summed E-state index contributed by atoms with van der Waals surface area (Å²) < 4.78 is 2.23. The molecule has 4 heterocycles. The van der Waals surface area contributed by atoms with E-state index in [1.807, 2.05) is 30.7 Å². The van der Waals surface area contributed by atoms with Gasteiger partial charge in [0.15, 0.2) is 5.65 Å². The van der Waals surface area contributed by atoms with Gasteiger partial charge in [-0.15, -0.1) is 0 Å². The van der Waals surface area contributed by atoms with Crippen molar-refractivity contribution >= 4 is 22.1 Å². The quantitative estimate of drug-likeness (QED) is 0.545. The fraction of sp³-hybridized carbons (Fsp3) is 0.0500. The molecule has 0 saturated carbocycles. The Balaban J connectivity index is 1.54. The van der Waals surface area contributed by atoms with E-state index in [2.05, 4.69) is 61.0 Å². The van der Waals surface area contributed by atoms with Crippen molar-refractivity contribution in [3.05, 3.63) is 79.0 Å². The lowest BCUT2D eigenvalue weighted by molar-refractivity contribution is 0.832. The minimum atomic E-state index is 0.811. The van der Waals surface area contributed by atoms with Crippen molar-refractivity contribution in [1.82, 2.24) is 24.5 Å². The van der Waals surface area contributed by atoms with Gasteiger partial charge in [-0.25, -0.2) is 9.97 Å². The highest BCUT2D eigenvalue weighted by Crippen LogP contribution is 2.25. The highest BCUT2D eigenvalue weighted by Gasteiger charge is 2.07. The van der Waals surface area contributed by atoms with Crippen molar-refractivity contribution in [3.8, 4) is 11.3 Å². The van der Waals surface area contributed by atoms with Crippen LogP contribution in [0.4, 0.5) is 0 Å². The normalized spacial score (nSPS) is 11.4. The van der Waals surface area contributed by atoms with Gasteiger partial charge in [0.1, 0.15) is 5.52 Å². The molecule has 5 aromatic rings. The topological polar surface area (TPSA) is 59.4 Å². The van der Waals surface area contributed by atoms with Crippen molar-refractivity contribution in [2.75, 3.05) is 0 Å². The fourth-order valence-electron chi connectivity index (χ4n) is 3.16. The maximum atomic E-state index is 4.68. The summed E-state index contributed by atoms with van der Waals surface area (Å²) in [7, 11) is 0. The van der Waals surface area contributed by atoms with Gasteiger partial charge in [0.25, 0.3) is 0 Å². The second-order valence-electron chi connectivity index (χ2n) is 6.05. The predicted molar refractivity (Wildman–Crippen MR) is 98.2 cm³/mol. The Labute approximate surface area is 144 Å². The number of hydrogen-bond acceptors (Lipinski definition) is 3. The third kappa shape index (κ3) is 2.46. The van der Waals surface area contributed by atoms with Crippen LogP contribution in [-0.2, 0) is 6.54 Å². The van der Waals surface area contributed by atoms with E-state index in [4.69, 9.17) is 0 Å². The molecule has 5 heteroatoms. The van der Waals surface area contributed by atoms with E-state index in [1.165, 1.54) is 16.5 Å². The zero-order valence-electron chi connectivity index (χ0n) is 13.4. The number of rotatable bonds is 3. The van der Waals surface area contributed by atoms with Crippen molar-refractivity contribution in [3.63, 3.8) is 0 Å². The zero-order chi connectivity index (χ0) is 16.6. The summed E-state index contributed by atoms with van der Waals surface area (Å²) in [6.45, 7) is 0.811. The lowest BCUT2D eigenvalue weighted by Gasteiger charge is -2.06. The molecule has 0 aliphatic rings. The highest BCUT2D eigenvalue weighted by molar-refractivity contribution is 5.86. The van der Waals surface area contributed by atoms with Crippen LogP contribution in [0.5, 0.6) is 0 Å². The first-order valence-corrected chi connectivity index (χ1v) is 8.15. The predicted octanol–water partition coefficient (Wildman–Crippen LogP) is 4.02. The second kappa shape index (κ2) is 5.56. The molecule has 1 N–H and O–H groups in total. The first kappa shape index (κ1) is 13.9. The van der Waals surface area contributed by atoms with Crippen LogP contribution in [0.3, 0.4) is 0 Å². The first-order valence-electron chi connectivity index (χ1n) is 8.15. The van der Waals surface area contributed by atoms with Crippen LogP contribution in [0, 0.1) is 0 Å². The van der Waals surface area contributed by atoms with E-state index in [0.717, 1.165) is 29.0 Å². The molecule has 0 fully saturated rings. The summed E-state index contributed by atoms with van der Waals surface area (Å²) in [5.74, 6) is 0. The Kier molecular flexibility index (Phi) is 3.10. The van der Waals surface area contributed by atoms with E-state index in [9.17, 15) is 0 Å². The van der Waals surface area contributed by atoms with Crippen LogP contribution >= 0.6 is 0 Å². The Morgan fingerprint density at radius 1 is 1.04 bits per heavy atom. The fourth-order valence-corrected chi connectivity index (χ4v) is 3.16. The van der Waals surface area contributed by atoms with E-state index < -0.39 is 0 Å². The molecule has 0 radical (unpaired) electrons. The standard InChI is InChI=1S/C20H15N5/c1-2-14(11-21-7-1)13-25-9-6-16-10-15(3-4-19(16)25)18-12-23-20-17(24-18)5-8-22-20/h1-12H,13H2,(H,22,23). The second-order valence-corrected chi connectivity index (χ2v) is 6.05. The number of aromatic amines is 1. The van der Waals surface area contributed by atoms with E-state index in [1.54, 1.807) is 6.20 Å². The van der Waals surface area contributed by atoms with Gasteiger partial charge in [-0.2, -0.15) is 0 Å². The number of pyridine rings is 1. The van der Waals surface area contributed by atoms with E-state index in [-0.39, 0.29) is 0 Å². The molecular weight excluding hydrogens is 310 g/mol. The Morgan fingerprint density at radius 2 is 2.04 bits per heavy atom. The number of nitrogens with one attached hydrogen (secondary N) is 1. The van der Waals surface area contributed by atoms with Gasteiger partial charge in [0.2, 0.25) is 0 Å². The third-order valence-electron chi connectivity index (χ3n) is 4.40. The summed E-state index contributed by atoms with van der Waals surface area (Å²) in [6.07, 6.45) is 9.49. The lowest BCUT2D eigenvalue weighted by Crippen LogP contribution is -1.98. The summed E-state index contributed by atoms with van der Waals surface area (Å²) in [5.41, 5.74) is 6.03. The molecule has 5 nitrogen and oxygen atoms in total. The largest absolute Gasteiger partial charge is 0.345 e. The summed E-state index contributed by atoms with van der Waals surface area (Å²) in [4.78, 5) is 16.4. The highest BCUT2D eigenvalue weighted by atomic mass is 15.0. The van der Waals surface area contributed by atoms with Gasteiger partial charge in [-0.3, -0.25) is 4.98 Å². The summed E-state index contributed by atoms with van der Waals surface area (Å²) in [6, 6.07) is 14.5. The molecule has 0 atom stereocenters. The molecule has 5 rings (SSSR count). The SMILES string of the molecule is c1cncc(Cn2ccc3cc(-c4cnc5[nH]ccc5n4)ccc32)c1. The number of hydrogen-bond donors (Lipinski definition) is 1. The maximum absolute atomic E-state index is 4.68. The molecular formula is C20H15N5. The van der Waals surface area contributed by atoms with Gasteiger partial charge < -0.3 is 9.55 Å². The molecule has 0 aliphatic heterocycles. The third-order valence-corrected chi connectivity index (χ3v) is 4.40. The molecule has 4 aromatic heterocycles. The minimum Gasteiger partial charge on any atom is -0.345 e. The number of benzene rings is 1. The zero-order valence-corrected chi connectivity index (χ0v) is 13.4. The van der Waals surface area contributed by atoms with Gasteiger partial charge in [0.05, 0.1) is 11.9 Å². The van der Waals surface area contributed by atoms with Crippen molar-refractivity contribution in [2.45, 2.75) is 6.54 Å². The average Bonchev–Trinajstić information content (AvgIpc) is 3.28. The molecule has 120 valence electrons. The molecule has 0 bridgehead atoms. The first-order chi connectivity index (χ1) is 12.4. The Morgan fingerprint density at radius 3 is 2.96 bits per heavy atom. The minimum absolute atomic E-state index is 0.811. The Hall–Kier alpha value is -3.47. The molecule has 0 amide bonds. The molecule has 0 spiro atoms.